The van der Waals surface area contributed by atoms with Gasteiger partial charge in [-0.25, -0.2) is 9.18 Å². The van der Waals surface area contributed by atoms with Gasteiger partial charge in [0.1, 0.15) is 5.82 Å². The molecule has 1 saturated heterocycles. The molecular weight excluding hydrogens is 495 g/mol. The summed E-state index contributed by atoms with van der Waals surface area (Å²) in [5, 5.41) is 9.46. The van der Waals surface area contributed by atoms with E-state index in [-0.39, 0.29) is 30.0 Å². The molecule has 0 unspecified atom stereocenters. The number of hydrogen-bond donors (Lipinski definition) is 1. The fraction of sp³-hybridized carbons (Fsp3) is 0.480. The molecule has 1 aliphatic carbocycles. The number of hydrogen-bond acceptors (Lipinski definition) is 2. The minimum Gasteiger partial charge on any atom is -0.465 e. The summed E-state index contributed by atoms with van der Waals surface area (Å²) in [5.41, 5.74) is -2.44. The molecule has 5 atom stereocenters. The van der Waals surface area contributed by atoms with E-state index >= 15 is 0 Å². The summed E-state index contributed by atoms with van der Waals surface area (Å²) in [5.74, 6) is -1.07. The highest BCUT2D eigenvalue weighted by Gasteiger charge is 2.47. The molecule has 0 radical (unpaired) electrons. The third-order valence-corrected chi connectivity index (χ3v) is 7.16. The van der Waals surface area contributed by atoms with Crippen LogP contribution in [0.1, 0.15) is 54.0 Å². The standard InChI is InChI=1S/C25H24F7NO3/c1-13(16-8-17(24(27,28)29)10-18(9-16)25(30,31)32)36-21-7-4-15-11-33(23(34)35)12-20(15)22(21)14-2-5-19(26)6-3-14/h2-3,5-6,8-10,13,15,20-22H,4,7,11-12H2,1H3,(H,34,35)/t13-,15-,20+,21-,22-/m1/s1. The molecule has 1 amide bonds. The average Bonchev–Trinajstić information content (AvgIpc) is 3.23. The predicted molar refractivity (Wildman–Crippen MR) is 115 cm³/mol. The van der Waals surface area contributed by atoms with Crippen molar-refractivity contribution in [3.63, 3.8) is 0 Å². The predicted octanol–water partition coefficient (Wildman–Crippen LogP) is 7.11. The molecule has 2 aromatic carbocycles. The average molecular weight is 519 g/mol. The Morgan fingerprint density at radius 3 is 2.08 bits per heavy atom. The summed E-state index contributed by atoms with van der Waals surface area (Å²) in [4.78, 5) is 12.9. The van der Waals surface area contributed by atoms with Crippen LogP contribution >= 0.6 is 0 Å². The highest BCUT2D eigenvalue weighted by Crippen LogP contribution is 2.48. The second-order valence-corrected chi connectivity index (χ2v) is 9.42. The van der Waals surface area contributed by atoms with Crippen LogP contribution in [0.15, 0.2) is 42.5 Å². The van der Waals surface area contributed by atoms with Crippen LogP contribution in [0.25, 0.3) is 0 Å². The molecule has 2 aromatic rings. The topological polar surface area (TPSA) is 49.8 Å². The van der Waals surface area contributed by atoms with Crippen molar-refractivity contribution < 1.29 is 45.4 Å². The summed E-state index contributed by atoms with van der Waals surface area (Å²) in [6.07, 6.45) is -11.8. The molecule has 0 aromatic heterocycles. The van der Waals surface area contributed by atoms with Gasteiger partial charge in [-0.2, -0.15) is 26.3 Å². The van der Waals surface area contributed by atoms with Gasteiger partial charge in [0.2, 0.25) is 0 Å². The first-order valence-corrected chi connectivity index (χ1v) is 11.4. The normalized spacial score (nSPS) is 25.5. The maximum atomic E-state index is 13.6. The summed E-state index contributed by atoms with van der Waals surface area (Å²) < 4.78 is 99.7. The molecule has 11 heteroatoms. The van der Waals surface area contributed by atoms with Gasteiger partial charge in [-0.1, -0.05) is 12.1 Å². The first-order valence-electron chi connectivity index (χ1n) is 11.4. The molecule has 0 spiro atoms. The van der Waals surface area contributed by atoms with Crippen LogP contribution in [0.4, 0.5) is 35.5 Å². The van der Waals surface area contributed by atoms with Gasteiger partial charge >= 0.3 is 18.4 Å². The maximum Gasteiger partial charge on any atom is 0.416 e. The van der Waals surface area contributed by atoms with E-state index in [2.05, 4.69) is 0 Å². The number of halogens is 7. The second kappa shape index (κ2) is 9.57. The molecule has 196 valence electrons. The van der Waals surface area contributed by atoms with Crippen molar-refractivity contribution in [2.45, 2.75) is 50.2 Å². The molecule has 0 bridgehead atoms. The Morgan fingerprint density at radius 2 is 1.56 bits per heavy atom. The number of amides is 1. The first kappa shape index (κ1) is 26.2. The van der Waals surface area contributed by atoms with Gasteiger partial charge in [-0.15, -0.1) is 0 Å². The number of rotatable bonds is 4. The van der Waals surface area contributed by atoms with Gasteiger partial charge in [-0.3, -0.25) is 0 Å². The fourth-order valence-corrected chi connectivity index (χ4v) is 5.45. The Balaban J connectivity index is 1.66. The Bertz CT molecular complexity index is 1070. The van der Waals surface area contributed by atoms with Crippen molar-refractivity contribution in [1.29, 1.82) is 0 Å². The molecule has 1 heterocycles. The molecule has 1 saturated carbocycles. The van der Waals surface area contributed by atoms with Crippen LogP contribution in [0.5, 0.6) is 0 Å². The Hall–Kier alpha value is -2.82. The number of benzene rings is 2. The van der Waals surface area contributed by atoms with Crippen LogP contribution in [-0.4, -0.2) is 35.3 Å². The maximum absolute atomic E-state index is 13.6. The van der Waals surface area contributed by atoms with Gasteiger partial charge in [0.05, 0.1) is 23.3 Å². The second-order valence-electron chi connectivity index (χ2n) is 9.42. The first-order chi connectivity index (χ1) is 16.7. The SMILES string of the molecule is C[C@@H](O[C@@H]1CC[C@@H]2CN(C(=O)O)C[C@@H]2[C@H]1c1ccc(F)cc1)c1cc(C(F)(F)F)cc(C(F)(F)F)c1. The largest absolute Gasteiger partial charge is 0.465 e. The number of nitrogens with zero attached hydrogens (tertiary/aromatic N) is 1. The lowest BCUT2D eigenvalue weighted by atomic mass is 9.69. The van der Waals surface area contributed by atoms with Crippen molar-refractivity contribution in [2.24, 2.45) is 11.8 Å². The summed E-state index contributed by atoms with van der Waals surface area (Å²) in [7, 11) is 0. The van der Waals surface area contributed by atoms with E-state index in [4.69, 9.17) is 4.74 Å². The van der Waals surface area contributed by atoms with E-state index in [0.29, 0.717) is 37.1 Å². The lowest BCUT2D eigenvalue weighted by Gasteiger charge is -2.41. The fourth-order valence-electron chi connectivity index (χ4n) is 5.45. The highest BCUT2D eigenvalue weighted by molar-refractivity contribution is 5.65. The Labute approximate surface area is 202 Å². The number of carbonyl (C=O) groups is 1. The molecule has 1 N–H and O–H groups in total. The van der Waals surface area contributed by atoms with Crippen LogP contribution < -0.4 is 0 Å². The molecule has 1 aliphatic heterocycles. The van der Waals surface area contributed by atoms with Gasteiger partial charge < -0.3 is 14.7 Å². The van der Waals surface area contributed by atoms with E-state index in [1.807, 2.05) is 0 Å². The number of carboxylic acid groups (broad SMARTS) is 1. The zero-order valence-electron chi connectivity index (χ0n) is 19.1. The van der Waals surface area contributed by atoms with Crippen LogP contribution in [0, 0.1) is 17.7 Å². The van der Waals surface area contributed by atoms with E-state index in [0.717, 1.165) is 0 Å². The van der Waals surface area contributed by atoms with Crippen molar-refractivity contribution in [3.05, 3.63) is 70.5 Å². The monoisotopic (exact) mass is 519 g/mol. The van der Waals surface area contributed by atoms with Crippen molar-refractivity contribution in [3.8, 4) is 0 Å². The molecule has 2 aliphatic rings. The smallest absolute Gasteiger partial charge is 0.416 e. The zero-order chi connectivity index (χ0) is 26.4. The van der Waals surface area contributed by atoms with E-state index in [1.54, 1.807) is 12.1 Å². The van der Waals surface area contributed by atoms with E-state index < -0.39 is 53.5 Å². The van der Waals surface area contributed by atoms with Crippen LogP contribution in [-0.2, 0) is 17.1 Å². The zero-order valence-corrected chi connectivity index (χ0v) is 19.1. The highest BCUT2D eigenvalue weighted by atomic mass is 19.4. The Morgan fingerprint density at radius 1 is 0.972 bits per heavy atom. The van der Waals surface area contributed by atoms with Gasteiger partial charge in [0.15, 0.2) is 0 Å². The number of fused-ring (bicyclic) bond motifs is 1. The van der Waals surface area contributed by atoms with Crippen molar-refractivity contribution in [2.75, 3.05) is 13.1 Å². The number of likely N-dealkylation sites (tertiary alicyclic amines) is 1. The van der Waals surface area contributed by atoms with Gasteiger partial charge in [0, 0.05) is 19.0 Å². The number of alkyl halides is 6. The molecular formula is C25H24F7NO3. The Kier molecular flexibility index (Phi) is 6.98. The van der Waals surface area contributed by atoms with Gasteiger partial charge in [0.25, 0.3) is 0 Å². The summed E-state index contributed by atoms with van der Waals surface area (Å²) >= 11 is 0. The third-order valence-electron chi connectivity index (χ3n) is 7.16. The van der Waals surface area contributed by atoms with Crippen LogP contribution in [0.3, 0.4) is 0 Å². The van der Waals surface area contributed by atoms with Crippen LogP contribution in [0.2, 0.25) is 0 Å². The van der Waals surface area contributed by atoms with E-state index in [1.165, 1.54) is 24.0 Å². The molecule has 4 rings (SSSR count). The lowest BCUT2D eigenvalue weighted by molar-refractivity contribution is -0.143. The minimum absolute atomic E-state index is 0.0108. The molecule has 4 nitrogen and oxygen atoms in total. The van der Waals surface area contributed by atoms with E-state index in [9.17, 15) is 40.6 Å². The summed E-state index contributed by atoms with van der Waals surface area (Å²) in [6.45, 7) is 1.92. The third kappa shape index (κ3) is 5.45. The number of ether oxygens (including phenoxy) is 1. The molecule has 2 fully saturated rings. The minimum atomic E-state index is -4.98. The molecule has 36 heavy (non-hydrogen) atoms. The van der Waals surface area contributed by atoms with Gasteiger partial charge in [-0.05, 0) is 73.1 Å². The summed E-state index contributed by atoms with van der Waals surface area (Å²) in [6, 6.07) is 7.00. The quantitative estimate of drug-likeness (QED) is 0.438. The van der Waals surface area contributed by atoms with Crippen molar-refractivity contribution in [1.82, 2.24) is 4.90 Å². The van der Waals surface area contributed by atoms with Crippen molar-refractivity contribution >= 4 is 6.09 Å². The lowest BCUT2D eigenvalue weighted by Crippen LogP contribution is -2.38.